The highest BCUT2D eigenvalue weighted by atomic mass is 32.2. The van der Waals surface area contributed by atoms with Gasteiger partial charge < -0.3 is 15.0 Å². The van der Waals surface area contributed by atoms with Crippen molar-refractivity contribution in [2.24, 2.45) is 15.1 Å². The standard InChI is InChI=1S/C23H27FN6O3S/c1-6-23(13-34(31,26-4)22(2,3)21(25)29-23)16-9-14(7-8-17(16)24)19-10-18(30-33-19)20-27-11-15(32-5)12-28-20/h7-12H,6,13H2,1-5H3,(H2,25,29)/t23-,34?/m0/s1. The number of nitrogens with zero attached hydrogens (tertiary/aromatic N) is 5. The second kappa shape index (κ2) is 8.46. The van der Waals surface area contributed by atoms with Gasteiger partial charge in [0.1, 0.15) is 21.9 Å². The highest BCUT2D eigenvalue weighted by Gasteiger charge is 2.49. The van der Waals surface area contributed by atoms with E-state index in [9.17, 15) is 4.21 Å². The maximum Gasteiger partial charge on any atom is 0.181 e. The number of methoxy groups -OCH3 is 1. The molecule has 3 heterocycles. The first-order valence-electron chi connectivity index (χ1n) is 10.7. The quantitative estimate of drug-likeness (QED) is 0.581. The molecule has 1 aliphatic heterocycles. The summed E-state index contributed by atoms with van der Waals surface area (Å²) in [5, 5.41) is 4.04. The highest BCUT2D eigenvalue weighted by molar-refractivity contribution is 7.95. The predicted octanol–water partition coefficient (Wildman–Crippen LogP) is 3.80. The van der Waals surface area contributed by atoms with E-state index < -0.39 is 25.8 Å². The van der Waals surface area contributed by atoms with Crippen LogP contribution in [-0.2, 0) is 15.3 Å². The topological polar surface area (TPSA) is 129 Å². The summed E-state index contributed by atoms with van der Waals surface area (Å²) in [6.07, 6.45) is 3.44. The van der Waals surface area contributed by atoms with Crippen molar-refractivity contribution in [2.45, 2.75) is 37.5 Å². The summed E-state index contributed by atoms with van der Waals surface area (Å²) in [6, 6.07) is 6.24. The summed E-state index contributed by atoms with van der Waals surface area (Å²) in [5.74, 6) is 1.06. The van der Waals surface area contributed by atoms with Crippen LogP contribution in [-0.4, -0.2) is 49.8 Å². The van der Waals surface area contributed by atoms with Crippen LogP contribution in [0, 0.1) is 5.82 Å². The molecule has 0 saturated heterocycles. The molecular weight excluding hydrogens is 459 g/mol. The number of nitrogens with two attached hydrogens (primary N) is 1. The van der Waals surface area contributed by atoms with Crippen molar-refractivity contribution >= 4 is 15.6 Å². The number of aliphatic imine (C=N–C) groups is 1. The van der Waals surface area contributed by atoms with Gasteiger partial charge in [-0.3, -0.25) is 4.99 Å². The first-order valence-corrected chi connectivity index (χ1v) is 12.4. The normalized spacial score (nSPS) is 23.9. The molecule has 0 saturated carbocycles. The minimum atomic E-state index is -2.82. The molecule has 180 valence electrons. The van der Waals surface area contributed by atoms with Crippen molar-refractivity contribution in [2.75, 3.05) is 19.9 Å². The Morgan fingerprint density at radius 2 is 1.97 bits per heavy atom. The third-order valence-electron chi connectivity index (χ3n) is 6.42. The van der Waals surface area contributed by atoms with Crippen LogP contribution in [0.5, 0.6) is 5.75 Å². The van der Waals surface area contributed by atoms with Crippen molar-refractivity contribution < 1.29 is 17.9 Å². The van der Waals surface area contributed by atoms with E-state index in [4.69, 9.17) is 20.0 Å². The number of rotatable bonds is 5. The van der Waals surface area contributed by atoms with Gasteiger partial charge in [0.25, 0.3) is 0 Å². The van der Waals surface area contributed by atoms with Gasteiger partial charge in [-0.15, -0.1) is 0 Å². The van der Waals surface area contributed by atoms with E-state index in [0.717, 1.165) is 0 Å². The fraction of sp³-hybridized carbons (Fsp3) is 0.391. The summed E-state index contributed by atoms with van der Waals surface area (Å²) in [5.41, 5.74) is 6.43. The van der Waals surface area contributed by atoms with E-state index in [0.29, 0.717) is 35.0 Å². The third kappa shape index (κ3) is 3.73. The summed E-state index contributed by atoms with van der Waals surface area (Å²) in [7, 11) is 0.219. The van der Waals surface area contributed by atoms with Gasteiger partial charge in [-0.2, -0.15) is 0 Å². The SMILES string of the molecule is CC[C@@]1(c2cc(-c3cc(-c4ncc(OC)cn4)no3)ccc2F)CS(=O)(=NC)C(C)(C)C(N)=N1. The van der Waals surface area contributed by atoms with E-state index >= 15 is 4.39 Å². The summed E-state index contributed by atoms with van der Waals surface area (Å²) >= 11 is 0. The van der Waals surface area contributed by atoms with Gasteiger partial charge in [-0.05, 0) is 38.5 Å². The fourth-order valence-corrected chi connectivity index (χ4v) is 6.36. The number of hydrogen-bond donors (Lipinski definition) is 1. The Kier molecular flexibility index (Phi) is 5.92. The molecule has 0 radical (unpaired) electrons. The zero-order valence-electron chi connectivity index (χ0n) is 19.7. The van der Waals surface area contributed by atoms with Crippen LogP contribution in [0.1, 0.15) is 32.8 Å². The summed E-state index contributed by atoms with van der Waals surface area (Å²) < 4.78 is 42.8. The molecule has 4 rings (SSSR count). The number of aromatic nitrogens is 3. The fourth-order valence-electron chi connectivity index (χ4n) is 3.97. The van der Waals surface area contributed by atoms with Crippen molar-refractivity contribution in [3.8, 4) is 28.6 Å². The van der Waals surface area contributed by atoms with Crippen molar-refractivity contribution in [1.82, 2.24) is 15.1 Å². The lowest BCUT2D eigenvalue weighted by Crippen LogP contribution is -2.55. The largest absolute Gasteiger partial charge is 0.494 e. The molecule has 0 amide bonds. The van der Waals surface area contributed by atoms with Crippen LogP contribution >= 0.6 is 0 Å². The molecule has 34 heavy (non-hydrogen) atoms. The van der Waals surface area contributed by atoms with E-state index in [-0.39, 0.29) is 17.2 Å². The molecule has 2 N–H and O–H groups in total. The molecule has 3 aromatic rings. The smallest absolute Gasteiger partial charge is 0.181 e. The van der Waals surface area contributed by atoms with E-state index in [1.807, 2.05) is 6.92 Å². The zero-order valence-corrected chi connectivity index (χ0v) is 20.5. The lowest BCUT2D eigenvalue weighted by atomic mass is 9.87. The van der Waals surface area contributed by atoms with Gasteiger partial charge in [0.05, 0.1) is 35.0 Å². The first-order chi connectivity index (χ1) is 16.1. The Morgan fingerprint density at radius 1 is 1.26 bits per heavy atom. The van der Waals surface area contributed by atoms with Gasteiger partial charge in [0.2, 0.25) is 0 Å². The van der Waals surface area contributed by atoms with Gasteiger partial charge in [-0.25, -0.2) is 22.9 Å². The predicted molar refractivity (Wildman–Crippen MR) is 129 cm³/mol. The Morgan fingerprint density at radius 3 is 2.59 bits per heavy atom. The lowest BCUT2D eigenvalue weighted by molar-refractivity contribution is 0.410. The third-order valence-corrected chi connectivity index (χ3v) is 9.68. The minimum absolute atomic E-state index is 0.0580. The number of hydrogen-bond acceptors (Lipinski definition) is 9. The lowest BCUT2D eigenvalue weighted by Gasteiger charge is -2.42. The molecule has 0 spiro atoms. The Hall–Kier alpha value is -3.34. The summed E-state index contributed by atoms with van der Waals surface area (Å²) in [4.78, 5) is 13.1. The van der Waals surface area contributed by atoms with Gasteiger partial charge in [0, 0.05) is 24.2 Å². The van der Waals surface area contributed by atoms with Crippen LogP contribution in [0.3, 0.4) is 0 Å². The average molecular weight is 487 g/mol. The van der Waals surface area contributed by atoms with Gasteiger partial charge in [-0.1, -0.05) is 12.1 Å². The molecule has 11 heteroatoms. The molecule has 0 fully saturated rings. The summed E-state index contributed by atoms with van der Waals surface area (Å²) in [6.45, 7) is 5.37. The monoisotopic (exact) mass is 486 g/mol. The molecule has 9 nitrogen and oxygen atoms in total. The Labute approximate surface area is 197 Å². The van der Waals surface area contributed by atoms with Crippen LogP contribution < -0.4 is 10.5 Å². The van der Waals surface area contributed by atoms with Crippen LogP contribution in [0.25, 0.3) is 22.8 Å². The van der Waals surface area contributed by atoms with Gasteiger partial charge >= 0.3 is 0 Å². The van der Waals surface area contributed by atoms with Crippen molar-refractivity contribution in [1.29, 1.82) is 0 Å². The first kappa shape index (κ1) is 23.8. The maximum atomic E-state index is 15.2. The average Bonchev–Trinajstić information content (AvgIpc) is 3.33. The maximum absolute atomic E-state index is 15.2. The van der Waals surface area contributed by atoms with Gasteiger partial charge in [0.15, 0.2) is 23.0 Å². The van der Waals surface area contributed by atoms with E-state index in [2.05, 4.69) is 19.5 Å². The van der Waals surface area contributed by atoms with Crippen LogP contribution in [0.2, 0.25) is 0 Å². The molecule has 0 bridgehead atoms. The number of ether oxygens (including phenoxy) is 1. The number of amidine groups is 1. The molecule has 1 aromatic carbocycles. The zero-order chi connectivity index (χ0) is 24.7. The molecule has 1 aliphatic rings. The van der Waals surface area contributed by atoms with E-state index in [1.165, 1.54) is 32.6 Å². The van der Waals surface area contributed by atoms with Crippen molar-refractivity contribution in [3.63, 3.8) is 0 Å². The van der Waals surface area contributed by atoms with Crippen LogP contribution in [0.4, 0.5) is 4.39 Å². The number of halogens is 1. The second-order valence-electron chi connectivity index (χ2n) is 8.58. The molecule has 2 aromatic heterocycles. The molecular formula is C23H27FN6O3S. The van der Waals surface area contributed by atoms with Crippen LogP contribution in [0.15, 0.2) is 50.5 Å². The Bertz CT molecular complexity index is 1380. The molecule has 0 aliphatic carbocycles. The Balaban J connectivity index is 1.79. The molecule has 1 unspecified atom stereocenters. The minimum Gasteiger partial charge on any atom is -0.494 e. The number of benzene rings is 1. The second-order valence-corrected chi connectivity index (χ2v) is 11.5. The van der Waals surface area contributed by atoms with E-state index in [1.54, 1.807) is 32.0 Å². The van der Waals surface area contributed by atoms with Crippen molar-refractivity contribution in [3.05, 3.63) is 48.0 Å². The molecule has 2 atom stereocenters. The highest BCUT2D eigenvalue weighted by Crippen LogP contribution is 2.42.